The fourth-order valence-corrected chi connectivity index (χ4v) is 7.44. The second kappa shape index (κ2) is 8.31. The maximum atomic E-state index is 4.27. The van der Waals surface area contributed by atoms with Gasteiger partial charge in [-0.05, 0) is 36.4 Å². The second-order valence-electron chi connectivity index (χ2n) is 6.03. The standard InChI is InChI=1S/C22H20N2P.ClH/c1-4-10-20(11-5-1)25(19-24-17-16-23-18-24,21-12-6-2-7-13-21)22-14-8-3-9-15-22;/h1-18H,19H2;1H/q+1;/p-1. The summed E-state index contributed by atoms with van der Waals surface area (Å²) in [4.78, 5) is 4.27. The molecule has 0 aliphatic rings. The lowest BCUT2D eigenvalue weighted by atomic mass is 10.4. The first kappa shape index (κ1) is 18.4. The molecule has 0 aliphatic heterocycles. The Bertz CT molecular complexity index is 814. The molecule has 0 saturated carbocycles. The molecule has 0 amide bonds. The Labute approximate surface area is 161 Å². The number of imidazole rings is 1. The molecule has 26 heavy (non-hydrogen) atoms. The van der Waals surface area contributed by atoms with Gasteiger partial charge in [-0.2, -0.15) is 0 Å². The van der Waals surface area contributed by atoms with E-state index in [1.54, 1.807) is 0 Å². The Hall–Kier alpha value is -2.41. The van der Waals surface area contributed by atoms with Gasteiger partial charge in [-0.3, -0.25) is 0 Å². The molecule has 130 valence electrons. The third-order valence-electron chi connectivity index (χ3n) is 4.53. The van der Waals surface area contributed by atoms with Crippen LogP contribution in [-0.2, 0) is 6.29 Å². The summed E-state index contributed by atoms with van der Waals surface area (Å²) in [6, 6.07) is 32.7. The van der Waals surface area contributed by atoms with E-state index in [0.29, 0.717) is 0 Å². The van der Waals surface area contributed by atoms with Gasteiger partial charge in [-0.1, -0.05) is 54.6 Å². The molecule has 1 heterocycles. The van der Waals surface area contributed by atoms with E-state index in [1.165, 1.54) is 15.9 Å². The van der Waals surface area contributed by atoms with Crippen LogP contribution in [0, 0.1) is 0 Å². The van der Waals surface area contributed by atoms with E-state index in [1.807, 2.05) is 12.5 Å². The molecular weight excluding hydrogens is 359 g/mol. The molecule has 0 saturated heterocycles. The Morgan fingerprint density at radius 2 is 1.08 bits per heavy atom. The van der Waals surface area contributed by atoms with Crippen LogP contribution < -0.4 is 28.3 Å². The number of hydrogen-bond acceptors (Lipinski definition) is 1. The van der Waals surface area contributed by atoms with Crippen molar-refractivity contribution in [1.29, 1.82) is 0 Å². The minimum Gasteiger partial charge on any atom is -1.00 e. The van der Waals surface area contributed by atoms with E-state index in [4.69, 9.17) is 0 Å². The quantitative estimate of drug-likeness (QED) is 0.471. The predicted molar refractivity (Wildman–Crippen MR) is 107 cm³/mol. The molecule has 3 aromatic carbocycles. The molecule has 4 aromatic rings. The van der Waals surface area contributed by atoms with E-state index in [0.717, 1.165) is 6.29 Å². The normalized spacial score (nSPS) is 10.9. The van der Waals surface area contributed by atoms with Gasteiger partial charge in [0, 0.05) is 12.4 Å². The molecule has 0 spiro atoms. The highest BCUT2D eigenvalue weighted by Crippen LogP contribution is 2.56. The van der Waals surface area contributed by atoms with E-state index >= 15 is 0 Å². The van der Waals surface area contributed by atoms with Crippen molar-refractivity contribution < 1.29 is 12.4 Å². The van der Waals surface area contributed by atoms with Crippen LogP contribution in [0.1, 0.15) is 0 Å². The summed E-state index contributed by atoms with van der Waals surface area (Å²) in [5.74, 6) is 0. The Morgan fingerprint density at radius 1 is 0.654 bits per heavy atom. The molecule has 0 bridgehead atoms. The molecule has 1 aromatic heterocycles. The highest BCUT2D eigenvalue weighted by molar-refractivity contribution is 7.94. The zero-order valence-corrected chi connectivity index (χ0v) is 16.0. The summed E-state index contributed by atoms with van der Waals surface area (Å²) < 4.78 is 2.21. The van der Waals surface area contributed by atoms with Crippen molar-refractivity contribution in [2.24, 2.45) is 0 Å². The van der Waals surface area contributed by atoms with Gasteiger partial charge in [0.25, 0.3) is 0 Å². The number of aromatic nitrogens is 2. The lowest BCUT2D eigenvalue weighted by Crippen LogP contribution is -3.00. The van der Waals surface area contributed by atoms with Crippen molar-refractivity contribution in [2.75, 3.05) is 0 Å². The van der Waals surface area contributed by atoms with Crippen molar-refractivity contribution in [3.63, 3.8) is 0 Å². The predicted octanol–water partition coefficient (Wildman–Crippen LogP) is 0.839. The first-order chi connectivity index (χ1) is 12.4. The molecule has 0 radical (unpaired) electrons. The zero-order valence-electron chi connectivity index (χ0n) is 14.3. The fraction of sp³-hybridized carbons (Fsp3) is 0.0455. The molecule has 4 rings (SSSR count). The van der Waals surface area contributed by atoms with Crippen LogP contribution in [0.2, 0.25) is 0 Å². The maximum absolute atomic E-state index is 4.27. The highest BCUT2D eigenvalue weighted by Gasteiger charge is 2.45. The van der Waals surface area contributed by atoms with Crippen molar-refractivity contribution in [3.8, 4) is 0 Å². The number of benzene rings is 3. The van der Waals surface area contributed by atoms with Crippen LogP contribution >= 0.6 is 7.26 Å². The Morgan fingerprint density at radius 3 is 1.42 bits per heavy atom. The molecule has 0 unspecified atom stereocenters. The Balaban J connectivity index is 0.00000196. The monoisotopic (exact) mass is 378 g/mol. The number of halogens is 1. The van der Waals surface area contributed by atoms with Gasteiger partial charge in [0.15, 0.2) is 0 Å². The minimum atomic E-state index is -1.82. The van der Waals surface area contributed by atoms with Crippen LogP contribution in [0.25, 0.3) is 0 Å². The summed E-state index contributed by atoms with van der Waals surface area (Å²) in [5, 5.41) is 4.17. The zero-order chi connectivity index (χ0) is 17.0. The van der Waals surface area contributed by atoms with Crippen LogP contribution in [0.3, 0.4) is 0 Å². The molecule has 0 aliphatic carbocycles. The van der Waals surface area contributed by atoms with Gasteiger partial charge in [-0.25, -0.2) is 4.98 Å². The molecule has 0 atom stereocenters. The van der Waals surface area contributed by atoms with E-state index in [9.17, 15) is 0 Å². The topological polar surface area (TPSA) is 17.8 Å². The number of hydrogen-bond donors (Lipinski definition) is 0. The van der Waals surface area contributed by atoms with Gasteiger partial charge in [-0.15, -0.1) is 0 Å². The van der Waals surface area contributed by atoms with Crippen molar-refractivity contribution in [3.05, 3.63) is 110 Å². The lowest BCUT2D eigenvalue weighted by Gasteiger charge is -2.27. The third kappa shape index (κ3) is 3.44. The fourth-order valence-electron chi connectivity index (χ4n) is 3.35. The largest absolute Gasteiger partial charge is 1.00 e. The van der Waals surface area contributed by atoms with Crippen molar-refractivity contribution >= 4 is 23.2 Å². The SMILES string of the molecule is [Cl-].c1ccc([P+](Cn2ccnc2)(c2ccccc2)c2ccccc2)cc1. The first-order valence-corrected chi connectivity index (χ1v) is 10.4. The van der Waals surface area contributed by atoms with E-state index in [2.05, 4.69) is 107 Å². The van der Waals surface area contributed by atoms with Gasteiger partial charge in [0.2, 0.25) is 0 Å². The first-order valence-electron chi connectivity index (χ1n) is 8.40. The smallest absolute Gasteiger partial charge is 0.149 e. The summed E-state index contributed by atoms with van der Waals surface area (Å²) in [5.41, 5.74) is 0. The average molecular weight is 379 g/mol. The van der Waals surface area contributed by atoms with Crippen LogP contribution in [0.4, 0.5) is 0 Å². The van der Waals surface area contributed by atoms with Gasteiger partial charge < -0.3 is 17.0 Å². The molecule has 4 heteroatoms. The number of nitrogens with zero attached hydrogens (tertiary/aromatic N) is 2. The minimum absolute atomic E-state index is 0. The number of rotatable bonds is 5. The molecule has 0 N–H and O–H groups in total. The van der Waals surface area contributed by atoms with E-state index < -0.39 is 7.26 Å². The highest BCUT2D eigenvalue weighted by atomic mass is 35.5. The Kier molecular flexibility index (Phi) is 5.88. The summed E-state index contributed by atoms with van der Waals surface area (Å²) in [6.45, 7) is 0. The van der Waals surface area contributed by atoms with Gasteiger partial charge >= 0.3 is 0 Å². The molecular formula is C22H20ClN2P. The molecule has 2 nitrogen and oxygen atoms in total. The van der Waals surface area contributed by atoms with Crippen LogP contribution in [0.15, 0.2) is 110 Å². The molecule has 0 fully saturated rings. The average Bonchev–Trinajstić information content (AvgIpc) is 3.21. The van der Waals surface area contributed by atoms with Crippen LogP contribution in [-0.4, -0.2) is 9.55 Å². The van der Waals surface area contributed by atoms with Gasteiger partial charge in [0.05, 0.1) is 6.33 Å². The summed E-state index contributed by atoms with van der Waals surface area (Å²) in [6.07, 6.45) is 6.74. The summed E-state index contributed by atoms with van der Waals surface area (Å²) >= 11 is 0. The summed E-state index contributed by atoms with van der Waals surface area (Å²) in [7, 11) is -1.82. The van der Waals surface area contributed by atoms with Gasteiger partial charge in [0.1, 0.15) is 29.5 Å². The second-order valence-corrected chi connectivity index (χ2v) is 9.49. The van der Waals surface area contributed by atoms with Crippen LogP contribution in [0.5, 0.6) is 0 Å². The maximum Gasteiger partial charge on any atom is 0.149 e. The van der Waals surface area contributed by atoms with Crippen molar-refractivity contribution in [1.82, 2.24) is 9.55 Å². The van der Waals surface area contributed by atoms with Crippen molar-refractivity contribution in [2.45, 2.75) is 6.29 Å². The lowest BCUT2D eigenvalue weighted by molar-refractivity contribution is -0.00000491. The van der Waals surface area contributed by atoms with E-state index in [-0.39, 0.29) is 12.4 Å². The third-order valence-corrected chi connectivity index (χ3v) is 8.82.